The molecular formula is C25H19F9O3S3. The van der Waals surface area contributed by atoms with Gasteiger partial charge in [0.15, 0.2) is 0 Å². The van der Waals surface area contributed by atoms with Crippen LogP contribution in [-0.4, -0.2) is 49.1 Å². The highest BCUT2D eigenvalue weighted by molar-refractivity contribution is 8.32. The van der Waals surface area contributed by atoms with Crippen LogP contribution >= 0.6 is 22.5 Å². The second-order valence-corrected chi connectivity index (χ2v) is 14.0. The minimum Gasteiger partial charge on any atom is -0.211 e. The van der Waals surface area contributed by atoms with Crippen molar-refractivity contribution in [2.45, 2.75) is 28.2 Å². The summed E-state index contributed by atoms with van der Waals surface area (Å²) in [6.45, 7) is 0. The van der Waals surface area contributed by atoms with Gasteiger partial charge in [-0.15, -0.1) is 0 Å². The maximum atomic E-state index is 14.1. The normalized spacial score (nSPS) is 14.2. The van der Waals surface area contributed by atoms with Gasteiger partial charge in [-0.1, -0.05) is 89.3 Å². The average molecular weight is 635 g/mol. The average Bonchev–Trinajstić information content (AvgIpc) is 2.87. The van der Waals surface area contributed by atoms with Crippen molar-refractivity contribution in [3.05, 3.63) is 90.0 Å². The molecule has 218 valence electrons. The van der Waals surface area contributed by atoms with E-state index in [0.29, 0.717) is 16.0 Å². The first-order valence-corrected chi connectivity index (χ1v) is 15.0. The fraction of sp³-hybridized carbons (Fsp3) is 0.240. The fourth-order valence-corrected chi connectivity index (χ4v) is 7.32. The molecule has 0 aliphatic carbocycles. The van der Waals surface area contributed by atoms with Gasteiger partial charge < -0.3 is 0 Å². The third-order valence-corrected chi connectivity index (χ3v) is 10.5. The first-order valence-electron chi connectivity index (χ1n) is 10.8. The van der Waals surface area contributed by atoms with Crippen molar-refractivity contribution in [3.63, 3.8) is 0 Å². The molecular weight excluding hydrogens is 615 g/mol. The molecule has 0 bridgehead atoms. The Kier molecular flexibility index (Phi) is 8.50. The first-order chi connectivity index (χ1) is 18.2. The Balaban J connectivity index is 1.83. The summed E-state index contributed by atoms with van der Waals surface area (Å²) in [7, 11) is -10.5. The molecule has 0 unspecified atom stereocenters. The van der Waals surface area contributed by atoms with Crippen molar-refractivity contribution in [2.75, 3.05) is 12.5 Å². The third kappa shape index (κ3) is 5.74. The molecule has 3 aromatic rings. The number of hydrogen-bond acceptors (Lipinski definition) is 4. The minimum absolute atomic E-state index is 0.135. The lowest BCUT2D eigenvalue weighted by molar-refractivity contribution is -0.382. The van der Waals surface area contributed by atoms with E-state index in [2.05, 4.69) is 3.63 Å². The van der Waals surface area contributed by atoms with Gasteiger partial charge in [-0.3, -0.25) is 0 Å². The molecule has 0 saturated carbocycles. The molecule has 3 rings (SSSR count). The van der Waals surface area contributed by atoms with Gasteiger partial charge in [0.05, 0.1) is 4.86 Å². The van der Waals surface area contributed by atoms with Crippen LogP contribution in [0.2, 0.25) is 0 Å². The van der Waals surface area contributed by atoms with Crippen molar-refractivity contribution in [2.24, 2.45) is 0 Å². The zero-order chi connectivity index (χ0) is 30.4. The fourth-order valence-electron chi connectivity index (χ4n) is 3.37. The Morgan fingerprint density at radius 2 is 1.07 bits per heavy atom. The molecule has 0 atom stereocenters. The molecule has 0 fully saturated rings. The summed E-state index contributed by atoms with van der Waals surface area (Å²) in [5, 5.41) is -6.93. The van der Waals surface area contributed by atoms with Crippen LogP contribution in [0.3, 0.4) is 0 Å². The van der Waals surface area contributed by atoms with Gasteiger partial charge in [0.25, 0.3) is 0 Å². The van der Waals surface area contributed by atoms with E-state index in [0.717, 1.165) is 23.6 Å². The molecule has 3 aromatic carbocycles. The van der Waals surface area contributed by atoms with Gasteiger partial charge in [-0.25, -0.2) is 3.63 Å². The zero-order valence-electron chi connectivity index (χ0n) is 20.4. The van der Waals surface area contributed by atoms with Crippen LogP contribution in [0.5, 0.6) is 0 Å². The molecule has 15 heteroatoms. The summed E-state index contributed by atoms with van der Waals surface area (Å²) in [5.41, 5.74) is 2.93. The molecule has 0 aromatic heterocycles. The van der Waals surface area contributed by atoms with E-state index in [1.807, 2.05) is 42.5 Å². The van der Waals surface area contributed by atoms with Crippen LogP contribution in [0.1, 0.15) is 11.1 Å². The Labute approximate surface area is 230 Å². The Morgan fingerprint density at radius 1 is 0.650 bits per heavy atom. The molecule has 0 aliphatic rings. The second kappa shape index (κ2) is 10.7. The monoisotopic (exact) mass is 634 g/mol. The Morgan fingerprint density at radius 3 is 1.52 bits per heavy atom. The minimum atomic E-state index is -7.38. The highest BCUT2D eigenvalue weighted by atomic mass is 32.3. The van der Waals surface area contributed by atoms with Crippen molar-refractivity contribution in [1.29, 1.82) is 0 Å². The predicted octanol–water partition coefficient (Wildman–Crippen LogP) is 8.23. The Bertz CT molecular complexity index is 1470. The quantitative estimate of drug-likeness (QED) is 0.135. The van der Waals surface area contributed by atoms with E-state index in [-0.39, 0.29) is 4.90 Å². The van der Waals surface area contributed by atoms with E-state index in [1.54, 1.807) is 12.1 Å². The highest BCUT2D eigenvalue weighted by Gasteiger charge is 2.86. The van der Waals surface area contributed by atoms with Crippen molar-refractivity contribution >= 4 is 37.5 Å². The van der Waals surface area contributed by atoms with E-state index in [1.165, 1.54) is 24.3 Å². The van der Waals surface area contributed by atoms with Gasteiger partial charge in [0.2, 0.25) is 0 Å². The Hall–Kier alpha value is -2.62. The number of rotatable bonds is 9. The van der Waals surface area contributed by atoms with Crippen LogP contribution < -0.4 is 0 Å². The molecule has 0 heterocycles. The SMILES string of the molecule is CS(C)(OS(=O)(=O)C(F)(F)C(F)(F)C(F)(F)C(F)(F)F)c1ccc(C(=S)c2ccc(-c3ccccc3)cc2)cc1. The molecule has 0 amide bonds. The smallest absolute Gasteiger partial charge is 0.211 e. The predicted molar refractivity (Wildman–Crippen MR) is 138 cm³/mol. The van der Waals surface area contributed by atoms with Crippen LogP contribution in [0.25, 0.3) is 11.1 Å². The standard InChI is InChI=1S/C25H19F9O3S3/c1-39(2,37-40(35,36)25(33,34)23(28,29)22(26,27)24(30,31)32)20-14-12-19(13-15-20)21(38)18-10-8-17(9-11-18)16-6-4-3-5-7-16/h3-15H,1-2H3. The summed E-state index contributed by atoms with van der Waals surface area (Å²) >= 11 is 5.46. The van der Waals surface area contributed by atoms with Crippen molar-refractivity contribution < 1.29 is 51.6 Å². The number of hydrogen-bond donors (Lipinski definition) is 0. The lowest BCUT2D eigenvalue weighted by Crippen LogP contribution is -2.63. The van der Waals surface area contributed by atoms with Crippen LogP contribution in [0.15, 0.2) is 83.8 Å². The molecule has 0 N–H and O–H groups in total. The van der Waals surface area contributed by atoms with E-state index < -0.39 is 43.7 Å². The third-order valence-electron chi connectivity index (χ3n) is 5.63. The van der Waals surface area contributed by atoms with Crippen molar-refractivity contribution in [1.82, 2.24) is 0 Å². The van der Waals surface area contributed by atoms with Crippen molar-refractivity contribution in [3.8, 4) is 11.1 Å². The van der Waals surface area contributed by atoms with Crippen LogP contribution in [0, 0.1) is 0 Å². The molecule has 0 saturated heterocycles. The van der Waals surface area contributed by atoms with Crippen LogP contribution in [0.4, 0.5) is 39.5 Å². The number of alkyl halides is 9. The van der Waals surface area contributed by atoms with Crippen LogP contribution in [-0.2, 0) is 13.7 Å². The van der Waals surface area contributed by atoms with Gasteiger partial charge in [-0.05, 0) is 46.9 Å². The first kappa shape index (κ1) is 31.9. The van der Waals surface area contributed by atoms with E-state index >= 15 is 0 Å². The van der Waals surface area contributed by atoms with Gasteiger partial charge in [-0.2, -0.15) is 47.9 Å². The summed E-state index contributed by atoms with van der Waals surface area (Å²) < 4.78 is 147. The van der Waals surface area contributed by atoms with Gasteiger partial charge in [0, 0.05) is 4.90 Å². The summed E-state index contributed by atoms with van der Waals surface area (Å²) in [4.78, 5) is 0.205. The molecule has 40 heavy (non-hydrogen) atoms. The number of halogens is 9. The van der Waals surface area contributed by atoms with Gasteiger partial charge >= 0.3 is 33.4 Å². The zero-order valence-corrected chi connectivity index (χ0v) is 22.8. The molecule has 3 nitrogen and oxygen atoms in total. The highest BCUT2D eigenvalue weighted by Crippen LogP contribution is 2.59. The largest absolute Gasteiger partial charge is 0.460 e. The summed E-state index contributed by atoms with van der Waals surface area (Å²) in [6, 6.07) is 21.7. The topological polar surface area (TPSA) is 43.4 Å². The number of benzene rings is 3. The molecule has 0 spiro atoms. The number of thiocarbonyl (C=S) groups is 1. The second-order valence-electron chi connectivity index (χ2n) is 8.72. The molecule has 0 aliphatic heterocycles. The van der Waals surface area contributed by atoms with Gasteiger partial charge in [0.1, 0.15) is 0 Å². The van der Waals surface area contributed by atoms with E-state index in [9.17, 15) is 47.9 Å². The lowest BCUT2D eigenvalue weighted by atomic mass is 10.0. The summed E-state index contributed by atoms with van der Waals surface area (Å²) in [5.74, 6) is -14.8. The van der Waals surface area contributed by atoms with E-state index in [4.69, 9.17) is 12.2 Å². The maximum Gasteiger partial charge on any atom is 0.460 e. The molecule has 0 radical (unpaired) electrons. The lowest BCUT2D eigenvalue weighted by Gasteiger charge is -2.36. The maximum absolute atomic E-state index is 14.1. The summed E-state index contributed by atoms with van der Waals surface area (Å²) in [6.07, 6.45) is -5.37.